The summed E-state index contributed by atoms with van der Waals surface area (Å²) < 4.78 is 4.93. The average molecular weight is 381 g/mol. The van der Waals surface area contributed by atoms with E-state index in [1.807, 2.05) is 6.92 Å². The molecule has 1 aliphatic rings. The molecule has 0 aromatic carbocycles. The van der Waals surface area contributed by atoms with Crippen molar-refractivity contribution in [2.45, 2.75) is 122 Å². The summed E-state index contributed by atoms with van der Waals surface area (Å²) in [5, 5.41) is 10.2. The van der Waals surface area contributed by atoms with Gasteiger partial charge in [-0.05, 0) is 44.9 Å². The van der Waals surface area contributed by atoms with Crippen LogP contribution >= 0.6 is 0 Å². The molecule has 1 saturated carbocycles. The molecular formula is C24H44O3. The van der Waals surface area contributed by atoms with E-state index in [0.717, 1.165) is 19.3 Å². The molecule has 3 heteroatoms. The number of rotatable bonds is 16. The Labute approximate surface area is 168 Å². The molecule has 1 fully saturated rings. The molecule has 3 nitrogen and oxygen atoms in total. The minimum atomic E-state index is -0.206. The van der Waals surface area contributed by atoms with Gasteiger partial charge in [0.15, 0.2) is 0 Å². The number of allylic oxidation sites excluding steroid dienone is 1. The van der Waals surface area contributed by atoms with Crippen LogP contribution in [0.25, 0.3) is 0 Å². The Balaban J connectivity index is 1.80. The molecule has 0 unspecified atom stereocenters. The zero-order valence-electron chi connectivity index (χ0n) is 17.8. The summed E-state index contributed by atoms with van der Waals surface area (Å²) in [5.41, 5.74) is 0. The number of carbonyl (C=O) groups is 1. The first-order valence-corrected chi connectivity index (χ1v) is 11.7. The van der Waals surface area contributed by atoms with Crippen molar-refractivity contribution in [2.24, 2.45) is 5.92 Å². The van der Waals surface area contributed by atoms with Crippen LogP contribution in [0.2, 0.25) is 0 Å². The standard InChI is InChI=1S/C24H44O3/c1-2-27-24(26)21-17-12-10-8-6-4-3-5-7-9-11-16-20-23(25)22-18-14-13-15-19-22/h16,20,22-23,25H,2-15,17-19,21H2,1H3/t23-/m0/s1. The molecule has 0 aromatic rings. The Morgan fingerprint density at radius 2 is 1.48 bits per heavy atom. The zero-order chi connectivity index (χ0) is 19.6. The van der Waals surface area contributed by atoms with Crippen molar-refractivity contribution in [3.8, 4) is 0 Å². The molecule has 1 atom stereocenters. The molecule has 0 saturated heterocycles. The molecule has 0 aromatic heterocycles. The molecule has 158 valence electrons. The second-order valence-electron chi connectivity index (χ2n) is 8.20. The highest BCUT2D eigenvalue weighted by Crippen LogP contribution is 2.27. The number of hydrogen-bond donors (Lipinski definition) is 1. The van der Waals surface area contributed by atoms with Crippen molar-refractivity contribution in [2.75, 3.05) is 6.61 Å². The highest BCUT2D eigenvalue weighted by Gasteiger charge is 2.19. The Hall–Kier alpha value is -0.830. The Morgan fingerprint density at radius 1 is 0.926 bits per heavy atom. The normalized spacial score (nSPS) is 16.7. The molecule has 0 radical (unpaired) electrons. The third-order valence-electron chi connectivity index (χ3n) is 5.77. The van der Waals surface area contributed by atoms with Crippen molar-refractivity contribution in [1.29, 1.82) is 0 Å². The van der Waals surface area contributed by atoms with Gasteiger partial charge in [0.05, 0.1) is 12.7 Å². The van der Waals surface area contributed by atoms with Crippen LogP contribution in [-0.4, -0.2) is 23.8 Å². The summed E-state index contributed by atoms with van der Waals surface area (Å²) >= 11 is 0. The predicted octanol–water partition coefficient (Wildman–Crippen LogP) is 6.73. The minimum absolute atomic E-state index is 0.0455. The Morgan fingerprint density at radius 3 is 2.07 bits per heavy atom. The summed E-state index contributed by atoms with van der Waals surface area (Å²) in [5.74, 6) is 0.469. The molecule has 0 spiro atoms. The number of aliphatic hydroxyl groups excluding tert-OH is 1. The van der Waals surface area contributed by atoms with Gasteiger partial charge >= 0.3 is 5.97 Å². The van der Waals surface area contributed by atoms with Gasteiger partial charge in [-0.1, -0.05) is 82.8 Å². The van der Waals surface area contributed by atoms with Crippen LogP contribution in [0.15, 0.2) is 12.2 Å². The number of ether oxygens (including phenoxy) is 1. The maximum atomic E-state index is 11.2. The average Bonchev–Trinajstić information content (AvgIpc) is 2.69. The lowest BCUT2D eigenvalue weighted by atomic mass is 9.85. The van der Waals surface area contributed by atoms with Crippen LogP contribution in [0.1, 0.15) is 116 Å². The van der Waals surface area contributed by atoms with Crippen LogP contribution in [0, 0.1) is 5.92 Å². The lowest BCUT2D eigenvalue weighted by Crippen LogP contribution is -2.20. The third kappa shape index (κ3) is 13.9. The summed E-state index contributed by atoms with van der Waals surface area (Å²) in [7, 11) is 0. The van der Waals surface area contributed by atoms with Gasteiger partial charge in [0.1, 0.15) is 0 Å². The van der Waals surface area contributed by atoms with Gasteiger partial charge < -0.3 is 9.84 Å². The van der Waals surface area contributed by atoms with Crippen molar-refractivity contribution in [3.63, 3.8) is 0 Å². The van der Waals surface area contributed by atoms with E-state index >= 15 is 0 Å². The second-order valence-corrected chi connectivity index (χ2v) is 8.20. The van der Waals surface area contributed by atoms with Crippen LogP contribution < -0.4 is 0 Å². The van der Waals surface area contributed by atoms with Crippen molar-refractivity contribution in [1.82, 2.24) is 0 Å². The second kappa shape index (κ2) is 17.3. The number of carbonyl (C=O) groups excluding carboxylic acids is 1. The highest BCUT2D eigenvalue weighted by molar-refractivity contribution is 5.69. The largest absolute Gasteiger partial charge is 0.466 e. The van der Waals surface area contributed by atoms with E-state index in [1.54, 1.807) is 0 Å². The van der Waals surface area contributed by atoms with Crippen molar-refractivity contribution < 1.29 is 14.6 Å². The molecule has 27 heavy (non-hydrogen) atoms. The van der Waals surface area contributed by atoms with Gasteiger partial charge in [0, 0.05) is 6.42 Å². The van der Waals surface area contributed by atoms with E-state index in [0.29, 0.717) is 18.9 Å². The van der Waals surface area contributed by atoms with Gasteiger partial charge in [-0.3, -0.25) is 4.79 Å². The molecular weight excluding hydrogens is 336 g/mol. The highest BCUT2D eigenvalue weighted by atomic mass is 16.5. The first-order chi connectivity index (χ1) is 13.2. The fraction of sp³-hybridized carbons (Fsp3) is 0.875. The third-order valence-corrected chi connectivity index (χ3v) is 5.77. The fourth-order valence-electron chi connectivity index (χ4n) is 4.05. The molecule has 0 bridgehead atoms. The van der Waals surface area contributed by atoms with E-state index < -0.39 is 0 Å². The van der Waals surface area contributed by atoms with Gasteiger partial charge in [0.25, 0.3) is 0 Å². The zero-order valence-corrected chi connectivity index (χ0v) is 17.8. The van der Waals surface area contributed by atoms with Crippen molar-refractivity contribution in [3.05, 3.63) is 12.2 Å². The van der Waals surface area contributed by atoms with E-state index in [4.69, 9.17) is 4.74 Å². The summed E-state index contributed by atoms with van der Waals surface area (Å²) in [6.07, 6.45) is 24.7. The maximum Gasteiger partial charge on any atom is 0.305 e. The fourth-order valence-corrected chi connectivity index (χ4v) is 4.05. The maximum absolute atomic E-state index is 11.2. The summed E-state index contributed by atoms with van der Waals surface area (Å²) in [6.45, 7) is 2.36. The first-order valence-electron chi connectivity index (χ1n) is 11.7. The SMILES string of the molecule is CCOC(=O)CCCCCCCCCCCCC=C[C@H](O)C1CCCCC1. The molecule has 0 amide bonds. The van der Waals surface area contributed by atoms with Crippen LogP contribution in [0.3, 0.4) is 0 Å². The van der Waals surface area contributed by atoms with E-state index in [2.05, 4.69) is 12.2 Å². The van der Waals surface area contributed by atoms with Gasteiger partial charge in [-0.2, -0.15) is 0 Å². The topological polar surface area (TPSA) is 46.5 Å². The van der Waals surface area contributed by atoms with E-state index in [9.17, 15) is 9.90 Å². The molecule has 1 aliphatic carbocycles. The van der Waals surface area contributed by atoms with Crippen molar-refractivity contribution >= 4 is 5.97 Å². The number of esters is 1. The molecule has 0 aliphatic heterocycles. The molecule has 0 heterocycles. The van der Waals surface area contributed by atoms with Crippen LogP contribution in [-0.2, 0) is 9.53 Å². The number of unbranched alkanes of at least 4 members (excludes halogenated alkanes) is 10. The van der Waals surface area contributed by atoms with Gasteiger partial charge in [-0.15, -0.1) is 0 Å². The van der Waals surface area contributed by atoms with E-state index in [-0.39, 0.29) is 12.1 Å². The lowest BCUT2D eigenvalue weighted by molar-refractivity contribution is -0.143. The summed E-state index contributed by atoms with van der Waals surface area (Å²) in [6, 6.07) is 0. The quantitative estimate of drug-likeness (QED) is 0.183. The molecule has 1 N–H and O–H groups in total. The van der Waals surface area contributed by atoms with Gasteiger partial charge in [-0.25, -0.2) is 0 Å². The lowest BCUT2D eigenvalue weighted by Gasteiger charge is -2.24. The monoisotopic (exact) mass is 380 g/mol. The van der Waals surface area contributed by atoms with Crippen LogP contribution in [0.4, 0.5) is 0 Å². The number of aliphatic hydroxyl groups is 1. The number of hydrogen-bond acceptors (Lipinski definition) is 3. The van der Waals surface area contributed by atoms with Gasteiger partial charge in [0.2, 0.25) is 0 Å². The first kappa shape index (κ1) is 24.2. The Kier molecular flexibility index (Phi) is 15.5. The molecule has 1 rings (SSSR count). The smallest absolute Gasteiger partial charge is 0.305 e. The summed E-state index contributed by atoms with van der Waals surface area (Å²) in [4.78, 5) is 11.2. The van der Waals surface area contributed by atoms with Crippen LogP contribution in [0.5, 0.6) is 0 Å². The minimum Gasteiger partial charge on any atom is -0.466 e. The van der Waals surface area contributed by atoms with E-state index in [1.165, 1.54) is 83.5 Å². The Bertz CT molecular complexity index is 372. The predicted molar refractivity (Wildman–Crippen MR) is 114 cm³/mol.